The minimum Gasteiger partial charge on any atom is -0.481 e. The van der Waals surface area contributed by atoms with Crippen molar-refractivity contribution >= 4 is 17.8 Å². The first-order valence-corrected chi connectivity index (χ1v) is 12.4. The fourth-order valence-corrected chi connectivity index (χ4v) is 4.72. The van der Waals surface area contributed by atoms with Crippen LogP contribution in [0.2, 0.25) is 0 Å². The zero-order chi connectivity index (χ0) is 26.3. The maximum atomic E-state index is 12.6. The van der Waals surface area contributed by atoms with Gasteiger partial charge in [-0.25, -0.2) is 9.78 Å². The Balaban J connectivity index is 0.000000270. The van der Waals surface area contributed by atoms with Crippen molar-refractivity contribution in [2.24, 2.45) is 5.41 Å². The van der Waals surface area contributed by atoms with E-state index in [4.69, 9.17) is 14.8 Å². The third-order valence-electron chi connectivity index (χ3n) is 6.60. The normalized spacial score (nSPS) is 17.9. The average molecular weight is 519 g/mol. The summed E-state index contributed by atoms with van der Waals surface area (Å²) in [6.07, 6.45) is 2.97. The molecule has 2 amide bonds. The molecule has 1 aromatic carbocycles. The highest BCUT2D eigenvalue weighted by Crippen LogP contribution is 2.34. The molecule has 2 aromatic rings. The minimum atomic E-state index is -2.73. The number of aliphatic carboxylic acids is 1. The number of nitrogens with one attached hydrogen (secondary N) is 1. The van der Waals surface area contributed by atoms with Crippen molar-refractivity contribution in [3.05, 3.63) is 53.7 Å². The van der Waals surface area contributed by atoms with Gasteiger partial charge >= 0.3 is 18.6 Å². The molecule has 37 heavy (non-hydrogen) atoms. The Morgan fingerprint density at radius 1 is 1.16 bits per heavy atom. The lowest BCUT2D eigenvalue weighted by Gasteiger charge is -2.43. The second kappa shape index (κ2) is 12.2. The molecule has 2 fully saturated rings. The number of aromatic nitrogens is 1. The van der Waals surface area contributed by atoms with Gasteiger partial charge in [-0.3, -0.25) is 4.79 Å². The summed E-state index contributed by atoms with van der Waals surface area (Å²) in [4.78, 5) is 31.6. The molecule has 3 aliphatic rings. The van der Waals surface area contributed by atoms with Crippen LogP contribution in [0, 0.1) is 5.41 Å². The van der Waals surface area contributed by atoms with E-state index in [1.165, 1.54) is 17.7 Å². The summed E-state index contributed by atoms with van der Waals surface area (Å²) in [6.45, 7) is 1.60. The molecule has 0 unspecified atom stereocenters. The van der Waals surface area contributed by atoms with Crippen LogP contribution in [0.4, 0.5) is 19.4 Å². The number of carboxylic acids is 1. The van der Waals surface area contributed by atoms with Crippen molar-refractivity contribution in [3.63, 3.8) is 0 Å². The van der Waals surface area contributed by atoms with E-state index < -0.39 is 12.6 Å². The molecule has 1 aromatic heterocycles. The number of pyridine rings is 1. The van der Waals surface area contributed by atoms with Gasteiger partial charge in [-0.1, -0.05) is 24.3 Å². The maximum Gasteiger partial charge on any atom is 0.387 e. The van der Waals surface area contributed by atoms with Crippen LogP contribution in [0.15, 0.2) is 42.5 Å². The Morgan fingerprint density at radius 3 is 2.59 bits per heavy atom. The van der Waals surface area contributed by atoms with Crippen LogP contribution in [0.25, 0.3) is 0 Å². The molecule has 0 aliphatic carbocycles. The number of aryl methyl sites for hydroxylation is 1. The van der Waals surface area contributed by atoms with Crippen molar-refractivity contribution in [2.75, 3.05) is 51.3 Å². The van der Waals surface area contributed by atoms with Crippen molar-refractivity contribution in [1.29, 1.82) is 0 Å². The second-order valence-corrected chi connectivity index (χ2v) is 9.54. The first-order chi connectivity index (χ1) is 17.8. The van der Waals surface area contributed by atoms with Gasteiger partial charge in [0.15, 0.2) is 0 Å². The number of amides is 2. The third-order valence-corrected chi connectivity index (χ3v) is 6.60. The van der Waals surface area contributed by atoms with E-state index in [0.717, 1.165) is 37.3 Å². The van der Waals surface area contributed by atoms with E-state index in [2.05, 4.69) is 22.2 Å². The van der Waals surface area contributed by atoms with Gasteiger partial charge < -0.3 is 29.7 Å². The number of fused-ring (bicyclic) bond motifs is 1. The van der Waals surface area contributed by atoms with Gasteiger partial charge in [-0.05, 0) is 36.6 Å². The summed E-state index contributed by atoms with van der Waals surface area (Å²) < 4.78 is 32.6. The van der Waals surface area contributed by atoms with Crippen molar-refractivity contribution < 1.29 is 33.0 Å². The van der Waals surface area contributed by atoms with E-state index in [1.54, 1.807) is 23.1 Å². The van der Waals surface area contributed by atoms with E-state index in [0.29, 0.717) is 32.8 Å². The number of para-hydroxylation sites is 1. The molecule has 2 saturated heterocycles. The summed E-state index contributed by atoms with van der Waals surface area (Å²) in [7, 11) is 0. The molecule has 200 valence electrons. The molecule has 9 nitrogen and oxygen atoms in total. The summed E-state index contributed by atoms with van der Waals surface area (Å²) in [5, 5.41) is 12.2. The van der Waals surface area contributed by atoms with Gasteiger partial charge in [0, 0.05) is 50.3 Å². The highest BCUT2D eigenvalue weighted by molar-refractivity contribution is 5.77. The first-order valence-electron chi connectivity index (χ1n) is 12.4. The Morgan fingerprint density at radius 2 is 1.92 bits per heavy atom. The lowest BCUT2D eigenvalue weighted by atomic mass is 9.80. The largest absolute Gasteiger partial charge is 0.481 e. The Bertz CT molecular complexity index is 1070. The van der Waals surface area contributed by atoms with E-state index >= 15 is 0 Å². The number of nitrogens with zero attached hydrogens (tertiary/aromatic N) is 3. The summed E-state index contributed by atoms with van der Waals surface area (Å²) in [5.74, 6) is 0.306. The molecule has 0 spiro atoms. The zero-order valence-corrected chi connectivity index (χ0v) is 20.6. The van der Waals surface area contributed by atoms with E-state index in [9.17, 15) is 18.4 Å². The number of carbonyl (C=O) groups is 2. The van der Waals surface area contributed by atoms with E-state index in [1.807, 2.05) is 4.90 Å². The van der Waals surface area contributed by atoms with Crippen molar-refractivity contribution in [1.82, 2.24) is 14.8 Å². The molecular weight excluding hydrogens is 486 g/mol. The fourth-order valence-electron chi connectivity index (χ4n) is 4.72. The number of hydrogen-bond donors (Lipinski definition) is 2. The Labute approximate surface area is 214 Å². The average Bonchev–Trinajstić information content (AvgIpc) is 3.20. The molecule has 5 rings (SSSR count). The smallest absolute Gasteiger partial charge is 0.387 e. The number of carboxylic acid groups (broad SMARTS) is 1. The number of alkyl halides is 2. The molecule has 0 bridgehead atoms. The highest BCUT2D eigenvalue weighted by atomic mass is 19.3. The molecule has 0 saturated carbocycles. The molecule has 11 heteroatoms. The summed E-state index contributed by atoms with van der Waals surface area (Å²) in [6, 6.07) is 12.1. The van der Waals surface area contributed by atoms with Gasteiger partial charge in [0.05, 0.1) is 19.6 Å². The molecule has 0 radical (unpaired) electrons. The number of urea groups is 1. The number of rotatable bonds is 9. The van der Waals surface area contributed by atoms with Gasteiger partial charge in [-0.2, -0.15) is 8.78 Å². The SMILES string of the molecule is FC(F)Oc1ccccc1.O=C(O)CCN1CCN(CC2(Cc3ccc4c(n3)NCCC4)COC2)C1=O. The molecule has 0 atom stereocenters. The maximum absolute atomic E-state index is 12.6. The predicted octanol–water partition coefficient (Wildman–Crippen LogP) is 3.50. The number of ether oxygens (including phenoxy) is 2. The monoisotopic (exact) mass is 518 g/mol. The highest BCUT2D eigenvalue weighted by Gasteiger charge is 2.43. The topological polar surface area (TPSA) is 104 Å². The first kappa shape index (κ1) is 26.6. The van der Waals surface area contributed by atoms with Gasteiger partial charge in [-0.15, -0.1) is 0 Å². The van der Waals surface area contributed by atoms with Gasteiger partial charge in [0.25, 0.3) is 0 Å². The zero-order valence-electron chi connectivity index (χ0n) is 20.6. The Kier molecular flexibility index (Phi) is 8.75. The van der Waals surface area contributed by atoms with Gasteiger partial charge in [0.1, 0.15) is 11.6 Å². The van der Waals surface area contributed by atoms with Crippen LogP contribution in [0.3, 0.4) is 0 Å². The quantitative estimate of drug-likeness (QED) is 0.524. The van der Waals surface area contributed by atoms with Crippen LogP contribution in [-0.2, 0) is 22.4 Å². The predicted molar refractivity (Wildman–Crippen MR) is 132 cm³/mol. The number of carbonyl (C=O) groups excluding carboxylic acids is 1. The molecular formula is C26H32F2N4O5. The van der Waals surface area contributed by atoms with Crippen molar-refractivity contribution in [3.8, 4) is 5.75 Å². The van der Waals surface area contributed by atoms with Crippen LogP contribution in [0.1, 0.15) is 24.1 Å². The standard InChI is InChI=1S/C19H26N4O4.C7H6F2O/c24-16(25)5-7-22-8-9-23(18(22)26)11-19(12-27-13-19)10-15-4-3-14-2-1-6-20-17(14)21-15;8-7(9)10-6-4-2-1-3-5-6/h3-4H,1-2,5-13H2,(H,20,21)(H,24,25);1-5,7H. The summed E-state index contributed by atoms with van der Waals surface area (Å²) in [5.41, 5.74) is 2.20. The lowest BCUT2D eigenvalue weighted by Crippen LogP contribution is -2.53. The lowest BCUT2D eigenvalue weighted by molar-refractivity contribution is -0.137. The van der Waals surface area contributed by atoms with E-state index in [-0.39, 0.29) is 30.2 Å². The number of halogens is 2. The van der Waals surface area contributed by atoms with Crippen LogP contribution >= 0.6 is 0 Å². The van der Waals surface area contributed by atoms with Crippen LogP contribution in [0.5, 0.6) is 5.75 Å². The molecule has 3 aliphatic heterocycles. The van der Waals surface area contributed by atoms with Crippen LogP contribution in [-0.4, -0.2) is 84.4 Å². The van der Waals surface area contributed by atoms with Crippen molar-refractivity contribution in [2.45, 2.75) is 32.3 Å². The fraction of sp³-hybridized carbons (Fsp3) is 0.500. The number of hydrogen-bond acceptors (Lipinski definition) is 6. The third kappa shape index (κ3) is 7.28. The molecule has 4 heterocycles. The number of anilines is 1. The molecule has 2 N–H and O–H groups in total. The van der Waals surface area contributed by atoms with Gasteiger partial charge in [0.2, 0.25) is 0 Å². The second-order valence-electron chi connectivity index (χ2n) is 9.54. The summed E-state index contributed by atoms with van der Waals surface area (Å²) >= 11 is 0. The number of benzene rings is 1. The minimum absolute atomic E-state index is 0.0140. The Hall–Kier alpha value is -3.47. The van der Waals surface area contributed by atoms with Crippen LogP contribution < -0.4 is 10.1 Å².